The second kappa shape index (κ2) is 10.4. The van der Waals surface area contributed by atoms with Crippen LogP contribution in [0.1, 0.15) is 29.3 Å². The number of carbonyl (C=O) groups is 2. The Balaban J connectivity index is 1.91. The summed E-state index contributed by atoms with van der Waals surface area (Å²) in [5.74, 6) is -1.18. The van der Waals surface area contributed by atoms with Gasteiger partial charge in [-0.05, 0) is 36.8 Å². The van der Waals surface area contributed by atoms with Gasteiger partial charge in [-0.1, -0.05) is 30.3 Å². The van der Waals surface area contributed by atoms with E-state index in [-0.39, 0.29) is 23.4 Å². The van der Waals surface area contributed by atoms with Gasteiger partial charge in [0.2, 0.25) is 10.0 Å². The van der Waals surface area contributed by atoms with Gasteiger partial charge in [0.25, 0.3) is 5.91 Å². The number of nitrogens with zero attached hydrogens (tertiary/aromatic N) is 1. The number of benzene rings is 2. The van der Waals surface area contributed by atoms with Crippen LogP contribution in [0, 0.1) is 11.3 Å². The summed E-state index contributed by atoms with van der Waals surface area (Å²) in [4.78, 5) is 24.3. The van der Waals surface area contributed by atoms with Crippen LogP contribution in [0.15, 0.2) is 59.5 Å². The quantitative estimate of drug-likeness (QED) is 0.475. The average molecular weight is 415 g/mol. The first-order valence-corrected chi connectivity index (χ1v) is 10.3. The topological polar surface area (TPSA) is 125 Å². The Morgan fingerprint density at radius 2 is 1.76 bits per heavy atom. The van der Waals surface area contributed by atoms with Gasteiger partial charge in [0, 0.05) is 19.5 Å². The number of nitrogens with one attached hydrogen (secondary N) is 2. The van der Waals surface area contributed by atoms with E-state index in [2.05, 4.69) is 10.0 Å². The van der Waals surface area contributed by atoms with E-state index in [0.717, 1.165) is 5.56 Å². The van der Waals surface area contributed by atoms with Gasteiger partial charge in [-0.2, -0.15) is 5.26 Å². The maximum Gasteiger partial charge on any atom is 0.338 e. The number of hydrogen-bond donors (Lipinski definition) is 2. The van der Waals surface area contributed by atoms with Gasteiger partial charge in [0.15, 0.2) is 6.10 Å². The van der Waals surface area contributed by atoms with Crippen molar-refractivity contribution >= 4 is 21.9 Å². The van der Waals surface area contributed by atoms with Crippen LogP contribution in [0.2, 0.25) is 0 Å². The van der Waals surface area contributed by atoms with Crippen molar-refractivity contribution in [2.75, 3.05) is 6.54 Å². The van der Waals surface area contributed by atoms with Crippen molar-refractivity contribution in [3.8, 4) is 6.07 Å². The molecular weight excluding hydrogens is 394 g/mol. The Hall–Kier alpha value is -3.22. The van der Waals surface area contributed by atoms with Crippen molar-refractivity contribution in [2.24, 2.45) is 0 Å². The lowest BCUT2D eigenvalue weighted by molar-refractivity contribution is -0.129. The zero-order chi connectivity index (χ0) is 21.3. The Morgan fingerprint density at radius 1 is 1.10 bits per heavy atom. The number of hydrogen-bond acceptors (Lipinski definition) is 6. The van der Waals surface area contributed by atoms with Crippen LogP contribution in [0.3, 0.4) is 0 Å². The smallest absolute Gasteiger partial charge is 0.338 e. The van der Waals surface area contributed by atoms with Gasteiger partial charge in [0.1, 0.15) is 0 Å². The molecule has 0 saturated heterocycles. The van der Waals surface area contributed by atoms with E-state index < -0.39 is 28.0 Å². The lowest BCUT2D eigenvalue weighted by Crippen LogP contribution is -2.35. The molecular formula is C20H21N3O5S. The Kier molecular flexibility index (Phi) is 7.88. The molecule has 0 spiro atoms. The molecule has 8 nitrogen and oxygen atoms in total. The van der Waals surface area contributed by atoms with Crippen molar-refractivity contribution < 1.29 is 22.7 Å². The van der Waals surface area contributed by atoms with Crippen LogP contribution in [0.25, 0.3) is 0 Å². The van der Waals surface area contributed by atoms with Crippen LogP contribution in [0.4, 0.5) is 0 Å². The highest BCUT2D eigenvalue weighted by molar-refractivity contribution is 7.89. The van der Waals surface area contributed by atoms with E-state index in [9.17, 15) is 18.0 Å². The molecule has 0 heterocycles. The summed E-state index contributed by atoms with van der Waals surface area (Å²) in [6.45, 7) is 1.77. The second-order valence-electron chi connectivity index (χ2n) is 6.08. The lowest BCUT2D eigenvalue weighted by Gasteiger charge is -2.14. The third-order valence-corrected chi connectivity index (χ3v) is 5.37. The third-order valence-electron chi connectivity index (χ3n) is 3.89. The van der Waals surface area contributed by atoms with Crippen LogP contribution in [0.5, 0.6) is 0 Å². The molecule has 0 aromatic heterocycles. The SMILES string of the molecule is C[C@H](OC(=O)c1ccc(S(=O)(=O)NCCC#N)cc1)C(=O)NCc1ccccc1. The Labute approximate surface area is 169 Å². The summed E-state index contributed by atoms with van der Waals surface area (Å²) in [6, 6.07) is 16.3. The first kappa shape index (κ1) is 22.1. The monoisotopic (exact) mass is 415 g/mol. The van der Waals surface area contributed by atoms with Crippen molar-refractivity contribution in [2.45, 2.75) is 30.9 Å². The van der Waals surface area contributed by atoms with Crippen LogP contribution < -0.4 is 10.0 Å². The molecule has 0 saturated carbocycles. The van der Waals surface area contributed by atoms with Crippen molar-refractivity contribution in [3.05, 3.63) is 65.7 Å². The van der Waals surface area contributed by atoms with Crippen LogP contribution in [-0.4, -0.2) is 32.9 Å². The van der Waals surface area contributed by atoms with Gasteiger partial charge in [-0.3, -0.25) is 4.79 Å². The van der Waals surface area contributed by atoms with E-state index in [4.69, 9.17) is 10.00 Å². The molecule has 152 valence electrons. The molecule has 29 heavy (non-hydrogen) atoms. The number of nitriles is 1. The highest BCUT2D eigenvalue weighted by Crippen LogP contribution is 2.12. The molecule has 0 unspecified atom stereocenters. The normalized spacial score (nSPS) is 11.9. The Morgan fingerprint density at radius 3 is 2.38 bits per heavy atom. The molecule has 1 amide bonds. The zero-order valence-corrected chi connectivity index (χ0v) is 16.6. The Bertz CT molecular complexity index is 983. The fourth-order valence-electron chi connectivity index (χ4n) is 2.31. The summed E-state index contributed by atoms with van der Waals surface area (Å²) in [5.41, 5.74) is 1.03. The fraction of sp³-hybridized carbons (Fsp3) is 0.250. The maximum absolute atomic E-state index is 12.2. The molecule has 0 bridgehead atoms. The minimum Gasteiger partial charge on any atom is -0.449 e. The van der Waals surface area contributed by atoms with Crippen molar-refractivity contribution in [3.63, 3.8) is 0 Å². The molecule has 0 aliphatic carbocycles. The molecule has 1 atom stereocenters. The summed E-state index contributed by atoms with van der Waals surface area (Å²) < 4.78 is 31.5. The summed E-state index contributed by atoms with van der Waals surface area (Å²) >= 11 is 0. The minimum atomic E-state index is -3.76. The van der Waals surface area contributed by atoms with Crippen molar-refractivity contribution in [1.29, 1.82) is 5.26 Å². The van der Waals surface area contributed by atoms with Crippen LogP contribution >= 0.6 is 0 Å². The predicted molar refractivity (Wildman–Crippen MR) is 105 cm³/mol. The molecule has 0 aliphatic rings. The summed E-state index contributed by atoms with van der Waals surface area (Å²) in [6.07, 6.45) is -0.962. The third kappa shape index (κ3) is 6.71. The largest absolute Gasteiger partial charge is 0.449 e. The average Bonchev–Trinajstić information content (AvgIpc) is 2.72. The van der Waals surface area contributed by atoms with E-state index in [0.29, 0.717) is 6.54 Å². The minimum absolute atomic E-state index is 0.00175. The maximum atomic E-state index is 12.2. The summed E-state index contributed by atoms with van der Waals surface area (Å²) in [7, 11) is -3.76. The van der Waals surface area contributed by atoms with Gasteiger partial charge >= 0.3 is 5.97 Å². The first-order valence-electron chi connectivity index (χ1n) is 8.83. The van der Waals surface area contributed by atoms with Gasteiger partial charge in [0.05, 0.1) is 16.5 Å². The highest BCUT2D eigenvalue weighted by Gasteiger charge is 2.20. The number of amides is 1. The predicted octanol–water partition coefficient (Wildman–Crippen LogP) is 1.74. The lowest BCUT2D eigenvalue weighted by atomic mass is 10.2. The molecule has 2 aromatic rings. The highest BCUT2D eigenvalue weighted by atomic mass is 32.2. The number of carbonyl (C=O) groups excluding carboxylic acids is 2. The zero-order valence-electron chi connectivity index (χ0n) is 15.8. The molecule has 0 aliphatic heterocycles. The molecule has 2 rings (SSSR count). The van der Waals surface area contributed by atoms with Crippen LogP contribution in [-0.2, 0) is 26.1 Å². The first-order chi connectivity index (χ1) is 13.8. The fourth-order valence-corrected chi connectivity index (χ4v) is 3.34. The molecule has 0 fully saturated rings. The van der Waals surface area contributed by atoms with E-state index >= 15 is 0 Å². The second-order valence-corrected chi connectivity index (χ2v) is 7.85. The molecule has 0 radical (unpaired) electrons. The van der Waals surface area contributed by atoms with Gasteiger partial charge in [-0.15, -0.1) is 0 Å². The number of esters is 1. The van der Waals surface area contributed by atoms with Gasteiger partial charge < -0.3 is 10.1 Å². The number of rotatable bonds is 9. The van der Waals surface area contributed by atoms with Gasteiger partial charge in [-0.25, -0.2) is 17.9 Å². The molecule has 2 N–H and O–H groups in total. The standard InChI is InChI=1S/C20H21N3O5S/c1-15(19(24)22-14-16-6-3-2-4-7-16)28-20(25)17-8-10-18(11-9-17)29(26,27)23-13-5-12-21/h2-4,6-11,15,23H,5,13-14H2,1H3,(H,22,24)/t15-/m0/s1. The molecule has 9 heteroatoms. The van der Waals surface area contributed by atoms with E-state index in [1.54, 1.807) is 0 Å². The van der Waals surface area contributed by atoms with Crippen molar-refractivity contribution in [1.82, 2.24) is 10.0 Å². The molecule has 2 aromatic carbocycles. The van der Waals surface area contributed by atoms with E-state index in [1.807, 2.05) is 36.4 Å². The van der Waals surface area contributed by atoms with E-state index in [1.165, 1.54) is 31.2 Å². The summed E-state index contributed by atoms with van der Waals surface area (Å²) in [5, 5.41) is 11.2. The number of ether oxygens (including phenoxy) is 1. The number of sulfonamides is 1.